The topological polar surface area (TPSA) is 98.3 Å². The van der Waals surface area contributed by atoms with Crippen LogP contribution < -0.4 is 9.47 Å². The molecule has 8 heteroatoms. The number of nitriles is 1. The first-order valence-corrected chi connectivity index (χ1v) is 7.40. The van der Waals surface area contributed by atoms with E-state index in [1.54, 1.807) is 24.4 Å². The summed E-state index contributed by atoms with van der Waals surface area (Å²) >= 11 is 5.90. The van der Waals surface area contributed by atoms with Gasteiger partial charge >= 0.3 is 0 Å². The van der Waals surface area contributed by atoms with Gasteiger partial charge in [0, 0.05) is 29.8 Å². The fraction of sp³-hybridized carbons (Fsp3) is 0.0588. The standard InChI is InChI=1S/C17H10ClN3O4/c1-24-17-8-14-12(6-10(17)9-19)16(4-5-20-14)25-11-2-3-15(21(22)23)13(18)7-11/h2-8H,1H3. The Balaban J connectivity index is 2.06. The van der Waals surface area contributed by atoms with Gasteiger partial charge in [-0.15, -0.1) is 0 Å². The number of nitrogens with zero attached hydrogens (tertiary/aromatic N) is 3. The van der Waals surface area contributed by atoms with E-state index in [0.29, 0.717) is 33.7 Å². The number of halogens is 1. The molecule has 0 aliphatic rings. The van der Waals surface area contributed by atoms with E-state index in [1.807, 2.05) is 0 Å². The number of methoxy groups -OCH3 is 1. The Hall–Kier alpha value is -3.37. The number of nitro groups is 1. The summed E-state index contributed by atoms with van der Waals surface area (Å²) in [7, 11) is 1.47. The molecule has 0 fully saturated rings. The summed E-state index contributed by atoms with van der Waals surface area (Å²) < 4.78 is 11.0. The molecule has 1 heterocycles. The average Bonchev–Trinajstić information content (AvgIpc) is 2.60. The largest absolute Gasteiger partial charge is 0.495 e. The van der Waals surface area contributed by atoms with E-state index in [4.69, 9.17) is 21.1 Å². The molecule has 25 heavy (non-hydrogen) atoms. The van der Waals surface area contributed by atoms with E-state index in [0.717, 1.165) is 0 Å². The molecule has 3 aromatic rings. The van der Waals surface area contributed by atoms with Crippen molar-refractivity contribution >= 4 is 28.2 Å². The maximum atomic E-state index is 10.8. The van der Waals surface area contributed by atoms with Gasteiger partial charge in [-0.25, -0.2) is 0 Å². The average molecular weight is 356 g/mol. The van der Waals surface area contributed by atoms with Crippen LogP contribution in [0.2, 0.25) is 5.02 Å². The highest BCUT2D eigenvalue weighted by Crippen LogP contribution is 2.35. The number of rotatable bonds is 4. The number of hydrogen-bond acceptors (Lipinski definition) is 6. The molecular weight excluding hydrogens is 346 g/mol. The van der Waals surface area contributed by atoms with Gasteiger partial charge in [-0.2, -0.15) is 5.26 Å². The molecule has 0 bridgehead atoms. The van der Waals surface area contributed by atoms with E-state index in [9.17, 15) is 15.4 Å². The molecule has 124 valence electrons. The summed E-state index contributed by atoms with van der Waals surface area (Å²) in [5, 5.41) is 20.6. The minimum Gasteiger partial charge on any atom is -0.495 e. The van der Waals surface area contributed by atoms with Gasteiger partial charge in [-0.1, -0.05) is 11.6 Å². The second-order valence-electron chi connectivity index (χ2n) is 4.96. The summed E-state index contributed by atoms with van der Waals surface area (Å²) in [6.07, 6.45) is 1.55. The van der Waals surface area contributed by atoms with Crippen LogP contribution in [0, 0.1) is 21.4 Å². The number of nitro benzene ring substituents is 1. The van der Waals surface area contributed by atoms with E-state index in [-0.39, 0.29) is 10.7 Å². The number of fused-ring (bicyclic) bond motifs is 1. The molecule has 0 atom stereocenters. The van der Waals surface area contributed by atoms with Crippen molar-refractivity contribution in [2.75, 3.05) is 7.11 Å². The van der Waals surface area contributed by atoms with E-state index < -0.39 is 4.92 Å². The molecule has 0 saturated carbocycles. The number of hydrogen-bond donors (Lipinski definition) is 0. The van der Waals surface area contributed by atoms with Gasteiger partial charge in [-0.05, 0) is 18.2 Å². The Morgan fingerprint density at radius 1 is 1.24 bits per heavy atom. The van der Waals surface area contributed by atoms with Crippen molar-refractivity contribution in [3.63, 3.8) is 0 Å². The van der Waals surface area contributed by atoms with Crippen LogP contribution in [-0.2, 0) is 0 Å². The number of aromatic nitrogens is 1. The molecule has 0 saturated heterocycles. The highest BCUT2D eigenvalue weighted by molar-refractivity contribution is 6.32. The lowest BCUT2D eigenvalue weighted by Gasteiger charge is -2.10. The lowest BCUT2D eigenvalue weighted by molar-refractivity contribution is -0.384. The van der Waals surface area contributed by atoms with Crippen LogP contribution in [0.1, 0.15) is 5.56 Å². The number of ether oxygens (including phenoxy) is 2. The van der Waals surface area contributed by atoms with Gasteiger partial charge in [0.2, 0.25) is 0 Å². The van der Waals surface area contributed by atoms with E-state index >= 15 is 0 Å². The predicted octanol–water partition coefficient (Wildman–Crippen LogP) is 4.47. The first-order valence-electron chi connectivity index (χ1n) is 7.02. The fourth-order valence-corrected chi connectivity index (χ4v) is 2.56. The van der Waals surface area contributed by atoms with Crippen LogP contribution in [0.15, 0.2) is 42.6 Å². The molecule has 0 N–H and O–H groups in total. The molecule has 2 aromatic carbocycles. The van der Waals surface area contributed by atoms with Crippen LogP contribution in [-0.4, -0.2) is 17.0 Å². The Kier molecular flexibility index (Phi) is 4.37. The van der Waals surface area contributed by atoms with Gasteiger partial charge in [0.05, 0.1) is 23.1 Å². The van der Waals surface area contributed by atoms with Gasteiger partial charge in [-0.3, -0.25) is 15.1 Å². The molecular formula is C17H10ClN3O4. The van der Waals surface area contributed by atoms with Crippen LogP contribution in [0.4, 0.5) is 5.69 Å². The predicted molar refractivity (Wildman–Crippen MR) is 91.2 cm³/mol. The molecule has 0 radical (unpaired) electrons. The Morgan fingerprint density at radius 2 is 2.04 bits per heavy atom. The van der Waals surface area contributed by atoms with Crippen LogP contribution >= 0.6 is 11.6 Å². The monoisotopic (exact) mass is 355 g/mol. The lowest BCUT2D eigenvalue weighted by Crippen LogP contribution is -1.93. The highest BCUT2D eigenvalue weighted by Gasteiger charge is 2.14. The second-order valence-corrected chi connectivity index (χ2v) is 5.37. The quantitative estimate of drug-likeness (QED) is 0.505. The molecule has 0 amide bonds. The maximum Gasteiger partial charge on any atom is 0.288 e. The zero-order valence-corrected chi connectivity index (χ0v) is 13.6. The van der Waals surface area contributed by atoms with Crippen molar-refractivity contribution in [2.24, 2.45) is 0 Å². The van der Waals surface area contributed by atoms with Crippen molar-refractivity contribution in [2.45, 2.75) is 0 Å². The summed E-state index contributed by atoms with van der Waals surface area (Å²) in [6, 6.07) is 11.0. The zero-order valence-electron chi connectivity index (χ0n) is 12.9. The molecule has 0 aliphatic heterocycles. The minimum absolute atomic E-state index is 0.0276. The van der Waals surface area contributed by atoms with Gasteiger partial charge < -0.3 is 9.47 Å². The Labute approximate surface area is 147 Å². The van der Waals surface area contributed by atoms with Gasteiger partial charge in [0.15, 0.2) is 0 Å². The zero-order chi connectivity index (χ0) is 18.0. The summed E-state index contributed by atoms with van der Waals surface area (Å²) in [4.78, 5) is 14.5. The Morgan fingerprint density at radius 3 is 2.68 bits per heavy atom. The van der Waals surface area contributed by atoms with Crippen molar-refractivity contribution in [3.8, 4) is 23.3 Å². The molecule has 3 rings (SSSR count). The normalized spacial score (nSPS) is 10.3. The van der Waals surface area contributed by atoms with E-state index in [1.165, 1.54) is 25.3 Å². The summed E-state index contributed by atoms with van der Waals surface area (Å²) in [5.41, 5.74) is 0.723. The first kappa shape index (κ1) is 16.5. The molecule has 7 nitrogen and oxygen atoms in total. The van der Waals surface area contributed by atoms with Crippen molar-refractivity contribution in [1.82, 2.24) is 4.98 Å². The molecule has 1 aromatic heterocycles. The van der Waals surface area contributed by atoms with Crippen LogP contribution in [0.3, 0.4) is 0 Å². The van der Waals surface area contributed by atoms with Crippen molar-refractivity contribution in [3.05, 3.63) is 63.3 Å². The molecule has 0 unspecified atom stereocenters. The lowest BCUT2D eigenvalue weighted by atomic mass is 10.1. The summed E-state index contributed by atoms with van der Waals surface area (Å²) in [5.74, 6) is 1.18. The molecule has 0 aliphatic carbocycles. The van der Waals surface area contributed by atoms with Gasteiger partial charge in [0.1, 0.15) is 28.3 Å². The SMILES string of the molecule is COc1cc2nccc(Oc3ccc([N+](=O)[O-])c(Cl)c3)c2cc1C#N. The maximum absolute atomic E-state index is 10.8. The van der Waals surface area contributed by atoms with Gasteiger partial charge in [0.25, 0.3) is 5.69 Å². The van der Waals surface area contributed by atoms with Crippen molar-refractivity contribution < 1.29 is 14.4 Å². The third-order valence-corrected chi connectivity index (χ3v) is 3.79. The highest BCUT2D eigenvalue weighted by atomic mass is 35.5. The second kappa shape index (κ2) is 6.63. The third kappa shape index (κ3) is 3.16. The number of pyridine rings is 1. The Bertz CT molecular complexity index is 1030. The van der Waals surface area contributed by atoms with Crippen LogP contribution in [0.5, 0.6) is 17.2 Å². The molecule has 0 spiro atoms. The van der Waals surface area contributed by atoms with E-state index in [2.05, 4.69) is 11.1 Å². The summed E-state index contributed by atoms with van der Waals surface area (Å²) in [6.45, 7) is 0. The third-order valence-electron chi connectivity index (χ3n) is 3.49. The fourth-order valence-electron chi connectivity index (χ4n) is 2.32. The van der Waals surface area contributed by atoms with Crippen molar-refractivity contribution in [1.29, 1.82) is 5.26 Å². The first-order chi connectivity index (χ1) is 12.0. The van der Waals surface area contributed by atoms with Crippen LogP contribution in [0.25, 0.3) is 10.9 Å². The smallest absolute Gasteiger partial charge is 0.288 e. The minimum atomic E-state index is -0.570. The number of benzene rings is 2.